The van der Waals surface area contributed by atoms with Crippen molar-refractivity contribution < 1.29 is 4.79 Å². The van der Waals surface area contributed by atoms with E-state index in [0.29, 0.717) is 0 Å². The molecule has 0 aromatic heterocycles. The Kier molecular flexibility index (Phi) is 4.06. The van der Waals surface area contributed by atoms with E-state index in [-0.39, 0.29) is 11.2 Å². The van der Waals surface area contributed by atoms with E-state index in [9.17, 15) is 4.79 Å². The molecule has 3 rings (SSSR count). The Balaban J connectivity index is 2.01. The summed E-state index contributed by atoms with van der Waals surface area (Å²) in [4.78, 5) is 18.9. The lowest BCUT2D eigenvalue weighted by molar-refractivity contribution is -0.116. The molecular formula is C17H16N2OS. The maximum Gasteiger partial charge on any atom is 0.246 e. The van der Waals surface area contributed by atoms with Gasteiger partial charge in [0.2, 0.25) is 5.91 Å². The third kappa shape index (κ3) is 2.85. The monoisotopic (exact) mass is 296 g/mol. The van der Waals surface area contributed by atoms with Crippen molar-refractivity contribution in [1.82, 2.24) is 0 Å². The lowest BCUT2D eigenvalue weighted by Crippen LogP contribution is -2.31. The van der Waals surface area contributed by atoms with Gasteiger partial charge >= 0.3 is 0 Å². The van der Waals surface area contributed by atoms with Crippen LogP contribution < -0.4 is 4.90 Å². The molecule has 106 valence electrons. The van der Waals surface area contributed by atoms with Gasteiger partial charge in [0.15, 0.2) is 5.17 Å². The van der Waals surface area contributed by atoms with Crippen LogP contribution in [-0.2, 0) is 4.79 Å². The van der Waals surface area contributed by atoms with Crippen molar-refractivity contribution in [2.75, 3.05) is 4.90 Å². The van der Waals surface area contributed by atoms with Crippen molar-refractivity contribution in [3.8, 4) is 0 Å². The molecule has 1 fully saturated rings. The van der Waals surface area contributed by atoms with Crippen molar-refractivity contribution in [1.29, 1.82) is 0 Å². The predicted molar refractivity (Wildman–Crippen MR) is 89.1 cm³/mol. The van der Waals surface area contributed by atoms with Crippen molar-refractivity contribution in [2.45, 2.75) is 18.6 Å². The van der Waals surface area contributed by atoms with Crippen LogP contribution in [0.25, 0.3) is 0 Å². The fourth-order valence-electron chi connectivity index (χ4n) is 2.23. The number of nitrogens with zero attached hydrogens (tertiary/aromatic N) is 2. The van der Waals surface area contributed by atoms with E-state index in [1.54, 1.807) is 16.7 Å². The Hall–Kier alpha value is -2.07. The lowest BCUT2D eigenvalue weighted by Gasteiger charge is -2.16. The molecule has 2 aromatic carbocycles. The lowest BCUT2D eigenvalue weighted by atomic mass is 10.2. The molecule has 1 aliphatic rings. The molecule has 1 aliphatic heterocycles. The van der Waals surface area contributed by atoms with Crippen LogP contribution in [0.5, 0.6) is 0 Å². The Labute approximate surface area is 128 Å². The minimum Gasteiger partial charge on any atom is -0.273 e. The molecule has 0 saturated carbocycles. The van der Waals surface area contributed by atoms with Gasteiger partial charge in [0, 0.05) is 0 Å². The third-order valence-electron chi connectivity index (χ3n) is 3.30. The summed E-state index contributed by atoms with van der Waals surface area (Å²) in [5.41, 5.74) is 1.74. The van der Waals surface area contributed by atoms with Crippen LogP contribution in [0.4, 0.5) is 11.4 Å². The third-order valence-corrected chi connectivity index (χ3v) is 4.61. The molecule has 0 aliphatic carbocycles. The van der Waals surface area contributed by atoms with E-state index in [1.165, 1.54) is 0 Å². The first kappa shape index (κ1) is 13.9. The van der Waals surface area contributed by atoms with Gasteiger partial charge in [0.25, 0.3) is 0 Å². The molecule has 0 bridgehead atoms. The predicted octanol–water partition coefficient (Wildman–Crippen LogP) is 4.23. The van der Waals surface area contributed by atoms with Crippen LogP contribution in [-0.4, -0.2) is 16.3 Å². The van der Waals surface area contributed by atoms with Crippen molar-refractivity contribution in [3.05, 3.63) is 60.7 Å². The normalized spacial score (nSPS) is 20.2. The maximum absolute atomic E-state index is 12.6. The zero-order chi connectivity index (χ0) is 14.7. The van der Waals surface area contributed by atoms with Crippen LogP contribution in [0.1, 0.15) is 13.3 Å². The first-order chi connectivity index (χ1) is 10.3. The van der Waals surface area contributed by atoms with Crippen LogP contribution in [0.15, 0.2) is 65.7 Å². The van der Waals surface area contributed by atoms with Gasteiger partial charge in [-0.15, -0.1) is 0 Å². The number of carbonyl (C=O) groups excluding carboxylic acids is 1. The summed E-state index contributed by atoms with van der Waals surface area (Å²) in [5, 5.41) is 0.705. The van der Waals surface area contributed by atoms with Gasteiger partial charge in [0.05, 0.1) is 16.6 Å². The number of aliphatic imine (C=N–C) groups is 1. The highest BCUT2D eigenvalue weighted by atomic mass is 32.2. The first-order valence-corrected chi connectivity index (χ1v) is 7.87. The molecule has 1 amide bonds. The summed E-state index contributed by atoms with van der Waals surface area (Å²) >= 11 is 1.54. The molecule has 1 unspecified atom stereocenters. The first-order valence-electron chi connectivity index (χ1n) is 6.99. The fraction of sp³-hybridized carbons (Fsp3) is 0.176. The number of rotatable bonds is 3. The highest BCUT2D eigenvalue weighted by Gasteiger charge is 2.37. The Morgan fingerprint density at radius 1 is 1.05 bits per heavy atom. The van der Waals surface area contributed by atoms with Gasteiger partial charge in [-0.05, 0) is 30.7 Å². The summed E-state index contributed by atoms with van der Waals surface area (Å²) in [7, 11) is 0. The van der Waals surface area contributed by atoms with Gasteiger partial charge in [-0.25, -0.2) is 4.99 Å². The SMILES string of the molecule is CCC1SC(=Nc2ccccc2)N(c2ccccc2)C1=O. The molecule has 4 heteroatoms. The summed E-state index contributed by atoms with van der Waals surface area (Å²) in [5.74, 6) is 0.114. The minimum atomic E-state index is -0.0485. The second-order valence-electron chi connectivity index (χ2n) is 4.75. The molecule has 1 saturated heterocycles. The van der Waals surface area contributed by atoms with Gasteiger partial charge in [0.1, 0.15) is 0 Å². The molecule has 21 heavy (non-hydrogen) atoms. The summed E-state index contributed by atoms with van der Waals surface area (Å²) in [6.07, 6.45) is 0.806. The Morgan fingerprint density at radius 2 is 1.67 bits per heavy atom. The number of para-hydroxylation sites is 2. The number of amidine groups is 1. The molecule has 1 atom stereocenters. The van der Waals surface area contributed by atoms with E-state index in [4.69, 9.17) is 0 Å². The Bertz CT molecular complexity index is 655. The quantitative estimate of drug-likeness (QED) is 0.849. The number of thioether (sulfide) groups is 1. The number of carbonyl (C=O) groups is 1. The van der Waals surface area contributed by atoms with Crippen molar-refractivity contribution in [2.24, 2.45) is 4.99 Å². The van der Waals surface area contributed by atoms with E-state index < -0.39 is 0 Å². The van der Waals surface area contributed by atoms with E-state index in [0.717, 1.165) is 23.0 Å². The van der Waals surface area contributed by atoms with E-state index in [1.807, 2.05) is 67.6 Å². The molecule has 0 radical (unpaired) electrons. The van der Waals surface area contributed by atoms with Gasteiger partial charge < -0.3 is 0 Å². The van der Waals surface area contributed by atoms with E-state index in [2.05, 4.69) is 4.99 Å². The standard InChI is InChI=1S/C17H16N2OS/c1-2-15-16(20)19(14-11-7-4-8-12-14)17(21-15)18-13-9-5-3-6-10-13/h3-12,15H,2H2,1H3. The van der Waals surface area contributed by atoms with Crippen LogP contribution in [0.3, 0.4) is 0 Å². The molecule has 3 nitrogen and oxygen atoms in total. The summed E-state index contributed by atoms with van der Waals surface area (Å²) < 4.78 is 0. The zero-order valence-corrected chi connectivity index (χ0v) is 12.6. The van der Waals surface area contributed by atoms with Crippen LogP contribution in [0.2, 0.25) is 0 Å². The van der Waals surface area contributed by atoms with Crippen LogP contribution in [0, 0.1) is 0 Å². The highest BCUT2D eigenvalue weighted by Crippen LogP contribution is 2.34. The van der Waals surface area contributed by atoms with Gasteiger partial charge in [-0.2, -0.15) is 0 Å². The molecular weight excluding hydrogens is 280 g/mol. The van der Waals surface area contributed by atoms with Crippen LogP contribution >= 0.6 is 11.8 Å². The topological polar surface area (TPSA) is 32.7 Å². The summed E-state index contributed by atoms with van der Waals surface area (Å²) in [6.45, 7) is 2.03. The molecule has 2 aromatic rings. The van der Waals surface area contributed by atoms with Crippen molar-refractivity contribution >= 4 is 34.2 Å². The number of amides is 1. The maximum atomic E-state index is 12.6. The number of benzene rings is 2. The van der Waals surface area contributed by atoms with Gasteiger partial charge in [-0.1, -0.05) is 55.1 Å². The van der Waals surface area contributed by atoms with E-state index >= 15 is 0 Å². The zero-order valence-electron chi connectivity index (χ0n) is 11.8. The highest BCUT2D eigenvalue weighted by molar-refractivity contribution is 8.16. The molecule has 0 N–H and O–H groups in total. The summed E-state index contributed by atoms with van der Waals surface area (Å²) in [6, 6.07) is 19.5. The smallest absolute Gasteiger partial charge is 0.246 e. The fourth-order valence-corrected chi connectivity index (χ4v) is 3.32. The molecule has 0 spiro atoms. The second-order valence-corrected chi connectivity index (χ2v) is 5.92. The van der Waals surface area contributed by atoms with Crippen molar-refractivity contribution in [3.63, 3.8) is 0 Å². The Morgan fingerprint density at radius 3 is 2.29 bits per heavy atom. The number of anilines is 1. The molecule has 1 heterocycles. The largest absolute Gasteiger partial charge is 0.273 e. The number of hydrogen-bond acceptors (Lipinski definition) is 3. The average molecular weight is 296 g/mol. The average Bonchev–Trinajstić information content (AvgIpc) is 2.85. The second kappa shape index (κ2) is 6.14. The minimum absolute atomic E-state index is 0.0485. The number of hydrogen-bond donors (Lipinski definition) is 0. The van der Waals surface area contributed by atoms with Gasteiger partial charge in [-0.3, -0.25) is 9.69 Å².